The summed E-state index contributed by atoms with van der Waals surface area (Å²) in [5, 5.41) is 15.7. The fraction of sp³-hybridized carbons (Fsp3) is 0.643. The van der Waals surface area contributed by atoms with Crippen LogP contribution >= 0.6 is 0 Å². The van der Waals surface area contributed by atoms with Crippen LogP contribution in [0.1, 0.15) is 49.2 Å². The first-order chi connectivity index (χ1) is 9.93. The van der Waals surface area contributed by atoms with E-state index < -0.39 is 18.2 Å². The van der Waals surface area contributed by atoms with Gasteiger partial charge < -0.3 is 19.7 Å². The number of carboxylic acids is 1. The molecule has 2 heterocycles. The molecule has 1 saturated heterocycles. The van der Waals surface area contributed by atoms with E-state index in [1.807, 2.05) is 13.8 Å². The Bertz CT molecular complexity index is 520. The minimum atomic E-state index is -1.02. The fourth-order valence-corrected chi connectivity index (χ4v) is 2.64. The summed E-state index contributed by atoms with van der Waals surface area (Å²) >= 11 is 0. The van der Waals surface area contributed by atoms with E-state index in [2.05, 4.69) is 10.5 Å². The van der Waals surface area contributed by atoms with E-state index in [0.29, 0.717) is 25.0 Å². The summed E-state index contributed by atoms with van der Waals surface area (Å²) in [6, 6.07) is -0.212. The number of carbonyl (C=O) groups excluding carboxylic acids is 1. The summed E-state index contributed by atoms with van der Waals surface area (Å²) < 4.78 is 10.4. The highest BCUT2D eigenvalue weighted by Gasteiger charge is 2.35. The molecule has 0 radical (unpaired) electrons. The van der Waals surface area contributed by atoms with Crippen molar-refractivity contribution in [3.63, 3.8) is 0 Å². The van der Waals surface area contributed by atoms with Crippen LogP contribution in [0.2, 0.25) is 0 Å². The highest BCUT2D eigenvalue weighted by Crippen LogP contribution is 2.26. The van der Waals surface area contributed by atoms with E-state index in [1.165, 1.54) is 0 Å². The standard InChI is InChI=1S/C14H20N2O5/c1-4-9(12-7(2)16-21-8(12)3)15-13(17)10-5-6-11(20-10)14(18)19/h9-11H,4-6H2,1-3H3,(H,15,17)(H,18,19)/t9?,10-,11+/m0/s1. The number of aryl methyl sites for hydroxylation is 2. The molecule has 1 aliphatic heterocycles. The number of carboxylic acid groups (broad SMARTS) is 1. The molecule has 2 N–H and O–H groups in total. The molecule has 1 fully saturated rings. The van der Waals surface area contributed by atoms with Gasteiger partial charge in [0.1, 0.15) is 11.9 Å². The van der Waals surface area contributed by atoms with Gasteiger partial charge in [-0.05, 0) is 33.1 Å². The number of hydrogen-bond acceptors (Lipinski definition) is 5. The van der Waals surface area contributed by atoms with Crippen LogP contribution in [0.3, 0.4) is 0 Å². The van der Waals surface area contributed by atoms with Crippen molar-refractivity contribution >= 4 is 11.9 Å². The number of aromatic nitrogens is 1. The summed E-state index contributed by atoms with van der Waals surface area (Å²) in [6.07, 6.45) is -0.138. The Hall–Kier alpha value is -1.89. The van der Waals surface area contributed by atoms with E-state index in [4.69, 9.17) is 14.4 Å². The largest absolute Gasteiger partial charge is 0.479 e. The second-order valence-electron chi connectivity index (χ2n) is 5.24. The van der Waals surface area contributed by atoms with Crippen molar-refractivity contribution in [3.05, 3.63) is 17.0 Å². The van der Waals surface area contributed by atoms with Crippen molar-refractivity contribution in [2.24, 2.45) is 0 Å². The lowest BCUT2D eigenvalue weighted by molar-refractivity contribution is -0.151. The molecule has 1 amide bonds. The Morgan fingerprint density at radius 3 is 2.52 bits per heavy atom. The van der Waals surface area contributed by atoms with Gasteiger partial charge in [-0.15, -0.1) is 0 Å². The van der Waals surface area contributed by atoms with Crippen molar-refractivity contribution in [2.45, 2.75) is 58.3 Å². The molecule has 0 aromatic carbocycles. The van der Waals surface area contributed by atoms with Crippen LogP contribution in [0, 0.1) is 13.8 Å². The highest BCUT2D eigenvalue weighted by atomic mass is 16.5. The van der Waals surface area contributed by atoms with Crippen LogP contribution in [0.25, 0.3) is 0 Å². The lowest BCUT2D eigenvalue weighted by Gasteiger charge is -2.19. The average molecular weight is 296 g/mol. The summed E-state index contributed by atoms with van der Waals surface area (Å²) in [5.74, 6) is -0.635. The van der Waals surface area contributed by atoms with Crippen molar-refractivity contribution in [1.29, 1.82) is 0 Å². The van der Waals surface area contributed by atoms with E-state index in [9.17, 15) is 9.59 Å². The van der Waals surface area contributed by atoms with Gasteiger partial charge in [-0.25, -0.2) is 4.79 Å². The quantitative estimate of drug-likeness (QED) is 0.853. The Balaban J connectivity index is 2.03. The monoisotopic (exact) mass is 296 g/mol. The summed E-state index contributed by atoms with van der Waals surface area (Å²) in [7, 11) is 0. The minimum Gasteiger partial charge on any atom is -0.479 e. The third kappa shape index (κ3) is 3.24. The average Bonchev–Trinajstić information content (AvgIpc) is 3.04. The molecule has 2 rings (SSSR count). The van der Waals surface area contributed by atoms with Gasteiger partial charge >= 0.3 is 5.97 Å². The molecule has 0 bridgehead atoms. The summed E-state index contributed by atoms with van der Waals surface area (Å²) in [4.78, 5) is 23.1. The maximum atomic E-state index is 12.2. The van der Waals surface area contributed by atoms with Gasteiger partial charge in [0.25, 0.3) is 0 Å². The number of ether oxygens (including phenoxy) is 1. The first-order valence-electron chi connectivity index (χ1n) is 7.05. The van der Waals surface area contributed by atoms with Gasteiger partial charge in [0, 0.05) is 5.56 Å². The highest BCUT2D eigenvalue weighted by molar-refractivity contribution is 5.83. The molecule has 0 aliphatic carbocycles. The topological polar surface area (TPSA) is 102 Å². The Labute approximate surface area is 122 Å². The third-order valence-electron chi connectivity index (χ3n) is 3.75. The molecule has 0 saturated carbocycles. The molecule has 116 valence electrons. The fourth-order valence-electron chi connectivity index (χ4n) is 2.64. The second kappa shape index (κ2) is 6.26. The van der Waals surface area contributed by atoms with Crippen LogP contribution in [-0.2, 0) is 14.3 Å². The van der Waals surface area contributed by atoms with Gasteiger partial charge in [-0.2, -0.15) is 0 Å². The van der Waals surface area contributed by atoms with Gasteiger partial charge in [-0.3, -0.25) is 4.79 Å². The minimum absolute atomic E-state index is 0.212. The molecular weight excluding hydrogens is 276 g/mol. The molecule has 3 atom stereocenters. The number of aliphatic carboxylic acids is 1. The third-order valence-corrected chi connectivity index (χ3v) is 3.75. The second-order valence-corrected chi connectivity index (χ2v) is 5.24. The Kier molecular flexibility index (Phi) is 4.62. The zero-order valence-electron chi connectivity index (χ0n) is 12.4. The number of nitrogens with one attached hydrogen (secondary N) is 1. The SMILES string of the molecule is CCC(NC(=O)[C@@H]1CC[C@H](C(=O)O)O1)c1c(C)noc1C. The molecule has 7 heteroatoms. The normalized spacial score (nSPS) is 23.0. The molecule has 1 unspecified atom stereocenters. The molecule has 7 nitrogen and oxygen atoms in total. The molecule has 1 aromatic heterocycles. The van der Waals surface area contributed by atoms with E-state index >= 15 is 0 Å². The van der Waals surface area contributed by atoms with Crippen LogP contribution in [0.15, 0.2) is 4.52 Å². The predicted molar refractivity (Wildman–Crippen MR) is 72.7 cm³/mol. The summed E-state index contributed by atoms with van der Waals surface area (Å²) in [6.45, 7) is 5.58. The van der Waals surface area contributed by atoms with E-state index in [0.717, 1.165) is 11.3 Å². The number of hydrogen-bond donors (Lipinski definition) is 2. The number of carbonyl (C=O) groups is 2. The summed E-state index contributed by atoms with van der Waals surface area (Å²) in [5.41, 5.74) is 1.62. The molecule has 0 spiro atoms. The van der Waals surface area contributed by atoms with Crippen LogP contribution in [0.4, 0.5) is 0 Å². The van der Waals surface area contributed by atoms with Gasteiger partial charge in [0.2, 0.25) is 5.91 Å². The van der Waals surface area contributed by atoms with Gasteiger partial charge in [-0.1, -0.05) is 12.1 Å². The zero-order valence-corrected chi connectivity index (χ0v) is 12.4. The van der Waals surface area contributed by atoms with Crippen LogP contribution < -0.4 is 5.32 Å². The molecule has 1 aromatic rings. The number of nitrogens with zero attached hydrogens (tertiary/aromatic N) is 1. The smallest absolute Gasteiger partial charge is 0.332 e. The lowest BCUT2D eigenvalue weighted by atomic mass is 10.0. The van der Waals surface area contributed by atoms with Crippen molar-refractivity contribution in [1.82, 2.24) is 10.5 Å². The van der Waals surface area contributed by atoms with Crippen molar-refractivity contribution in [3.8, 4) is 0 Å². The number of amides is 1. The first kappa shape index (κ1) is 15.5. The number of rotatable bonds is 5. The molecule has 21 heavy (non-hydrogen) atoms. The maximum Gasteiger partial charge on any atom is 0.332 e. The van der Waals surface area contributed by atoms with E-state index in [1.54, 1.807) is 6.92 Å². The van der Waals surface area contributed by atoms with Crippen molar-refractivity contribution in [2.75, 3.05) is 0 Å². The van der Waals surface area contributed by atoms with E-state index in [-0.39, 0.29) is 11.9 Å². The Morgan fingerprint density at radius 2 is 2.05 bits per heavy atom. The van der Waals surface area contributed by atoms with Crippen LogP contribution in [0.5, 0.6) is 0 Å². The maximum absolute atomic E-state index is 12.2. The predicted octanol–water partition coefficient (Wildman–Crippen LogP) is 1.49. The van der Waals surface area contributed by atoms with Gasteiger partial charge in [0.05, 0.1) is 11.7 Å². The Morgan fingerprint density at radius 1 is 1.38 bits per heavy atom. The molecular formula is C14H20N2O5. The van der Waals surface area contributed by atoms with Gasteiger partial charge in [0.15, 0.2) is 6.10 Å². The zero-order chi connectivity index (χ0) is 15.6. The van der Waals surface area contributed by atoms with Crippen LogP contribution in [-0.4, -0.2) is 34.3 Å². The lowest BCUT2D eigenvalue weighted by Crippen LogP contribution is -2.38. The first-order valence-corrected chi connectivity index (χ1v) is 7.05. The van der Waals surface area contributed by atoms with Crippen molar-refractivity contribution < 1.29 is 24.0 Å². The molecule has 1 aliphatic rings.